The first kappa shape index (κ1) is 16.7. The number of fused-ring (bicyclic) bond motifs is 1. The van der Waals surface area contributed by atoms with E-state index < -0.39 is 0 Å². The van der Waals surface area contributed by atoms with E-state index in [1.807, 2.05) is 30.3 Å². The normalized spacial score (nSPS) is 16.8. The van der Waals surface area contributed by atoms with Crippen molar-refractivity contribution < 1.29 is 9.59 Å². The van der Waals surface area contributed by atoms with Crippen LogP contribution in [0.3, 0.4) is 0 Å². The standard InChI is InChI=1S/C20H22N4O2/c25-18(21-11-14-5-2-1-3-6-14)13-24-10-4-7-17-16(20(24)26)12-22-19(23-17)15-8-9-15/h1-3,5-6,12,15H,4,7-11,13H2,(H,21,25). The van der Waals surface area contributed by atoms with E-state index in [0.29, 0.717) is 24.6 Å². The molecule has 26 heavy (non-hydrogen) atoms. The Hall–Kier alpha value is -2.76. The van der Waals surface area contributed by atoms with Crippen molar-refractivity contribution in [2.24, 2.45) is 0 Å². The van der Waals surface area contributed by atoms with Gasteiger partial charge in [0, 0.05) is 25.2 Å². The topological polar surface area (TPSA) is 75.2 Å². The van der Waals surface area contributed by atoms with E-state index in [2.05, 4.69) is 15.3 Å². The van der Waals surface area contributed by atoms with Crippen molar-refractivity contribution in [3.8, 4) is 0 Å². The molecule has 1 fully saturated rings. The van der Waals surface area contributed by atoms with Gasteiger partial charge in [-0.15, -0.1) is 0 Å². The van der Waals surface area contributed by atoms with Crippen LogP contribution in [0.1, 0.15) is 52.6 Å². The van der Waals surface area contributed by atoms with Crippen molar-refractivity contribution in [2.45, 2.75) is 38.1 Å². The van der Waals surface area contributed by atoms with Gasteiger partial charge >= 0.3 is 0 Å². The molecule has 6 nitrogen and oxygen atoms in total. The van der Waals surface area contributed by atoms with E-state index in [0.717, 1.165) is 42.8 Å². The average molecular weight is 350 g/mol. The summed E-state index contributed by atoms with van der Waals surface area (Å²) in [6, 6.07) is 9.74. The largest absolute Gasteiger partial charge is 0.350 e. The third-order valence-electron chi connectivity index (χ3n) is 4.86. The summed E-state index contributed by atoms with van der Waals surface area (Å²) in [7, 11) is 0. The van der Waals surface area contributed by atoms with Crippen LogP contribution in [0.5, 0.6) is 0 Å². The van der Waals surface area contributed by atoms with Gasteiger partial charge in [0.15, 0.2) is 0 Å². The Morgan fingerprint density at radius 2 is 2.04 bits per heavy atom. The number of aromatic nitrogens is 2. The first-order valence-corrected chi connectivity index (χ1v) is 9.16. The van der Waals surface area contributed by atoms with Crippen molar-refractivity contribution in [3.05, 3.63) is 59.2 Å². The van der Waals surface area contributed by atoms with Crippen LogP contribution in [0, 0.1) is 0 Å². The molecule has 0 bridgehead atoms. The molecular formula is C20H22N4O2. The van der Waals surface area contributed by atoms with Gasteiger partial charge in [-0.3, -0.25) is 9.59 Å². The first-order chi connectivity index (χ1) is 12.7. The van der Waals surface area contributed by atoms with Gasteiger partial charge in [-0.05, 0) is 31.2 Å². The fraction of sp³-hybridized carbons (Fsp3) is 0.400. The highest BCUT2D eigenvalue weighted by atomic mass is 16.2. The number of carbonyl (C=O) groups is 2. The SMILES string of the molecule is O=C(CN1CCCc2nc(C3CC3)ncc2C1=O)NCc1ccccc1. The van der Waals surface area contributed by atoms with E-state index >= 15 is 0 Å². The molecule has 4 rings (SSSR count). The van der Waals surface area contributed by atoms with Crippen molar-refractivity contribution in [2.75, 3.05) is 13.1 Å². The number of aryl methyl sites for hydroxylation is 1. The van der Waals surface area contributed by atoms with Crippen LogP contribution < -0.4 is 5.32 Å². The quantitative estimate of drug-likeness (QED) is 0.896. The molecule has 2 heterocycles. The zero-order chi connectivity index (χ0) is 17.9. The molecule has 0 spiro atoms. The predicted molar refractivity (Wildman–Crippen MR) is 96.5 cm³/mol. The summed E-state index contributed by atoms with van der Waals surface area (Å²) >= 11 is 0. The molecule has 134 valence electrons. The molecule has 2 aliphatic rings. The molecule has 0 unspecified atom stereocenters. The zero-order valence-corrected chi connectivity index (χ0v) is 14.6. The highest BCUT2D eigenvalue weighted by molar-refractivity contribution is 5.97. The second kappa shape index (κ2) is 7.23. The molecule has 6 heteroatoms. The molecule has 2 aromatic rings. The number of nitrogens with one attached hydrogen (secondary N) is 1. The number of hydrogen-bond acceptors (Lipinski definition) is 4. The molecule has 1 aromatic carbocycles. The zero-order valence-electron chi connectivity index (χ0n) is 14.6. The Morgan fingerprint density at radius 3 is 2.81 bits per heavy atom. The van der Waals surface area contributed by atoms with Gasteiger partial charge in [0.1, 0.15) is 5.82 Å². The summed E-state index contributed by atoms with van der Waals surface area (Å²) in [5.74, 6) is 1.04. The lowest BCUT2D eigenvalue weighted by atomic mass is 10.1. The van der Waals surface area contributed by atoms with E-state index in [4.69, 9.17) is 0 Å². The van der Waals surface area contributed by atoms with E-state index in [9.17, 15) is 9.59 Å². The lowest BCUT2D eigenvalue weighted by Gasteiger charge is -2.20. The fourth-order valence-electron chi connectivity index (χ4n) is 3.23. The molecule has 1 aliphatic heterocycles. The first-order valence-electron chi connectivity index (χ1n) is 9.16. The van der Waals surface area contributed by atoms with Crippen LogP contribution in [0.2, 0.25) is 0 Å². The Balaban J connectivity index is 1.40. The molecule has 1 saturated carbocycles. The molecule has 1 aromatic heterocycles. The molecular weight excluding hydrogens is 328 g/mol. The average Bonchev–Trinajstić information content (AvgIpc) is 3.51. The Kier molecular flexibility index (Phi) is 4.65. The number of amides is 2. The van der Waals surface area contributed by atoms with Crippen LogP contribution in [-0.2, 0) is 17.8 Å². The van der Waals surface area contributed by atoms with Crippen LogP contribution in [-0.4, -0.2) is 39.8 Å². The maximum absolute atomic E-state index is 12.8. The smallest absolute Gasteiger partial charge is 0.257 e. The van der Waals surface area contributed by atoms with Gasteiger partial charge in [0.2, 0.25) is 5.91 Å². The van der Waals surface area contributed by atoms with E-state index in [1.54, 1.807) is 11.1 Å². The third kappa shape index (κ3) is 3.74. The minimum Gasteiger partial charge on any atom is -0.350 e. The van der Waals surface area contributed by atoms with Crippen molar-refractivity contribution in [1.29, 1.82) is 0 Å². The Labute approximate surface area is 152 Å². The van der Waals surface area contributed by atoms with E-state index in [1.165, 1.54) is 0 Å². The van der Waals surface area contributed by atoms with Gasteiger partial charge in [-0.1, -0.05) is 30.3 Å². The van der Waals surface area contributed by atoms with Crippen molar-refractivity contribution in [3.63, 3.8) is 0 Å². The lowest BCUT2D eigenvalue weighted by Crippen LogP contribution is -2.40. The molecule has 0 radical (unpaired) electrons. The maximum atomic E-state index is 12.8. The number of carbonyl (C=O) groups excluding carboxylic acids is 2. The highest BCUT2D eigenvalue weighted by Crippen LogP contribution is 2.38. The number of hydrogen-bond donors (Lipinski definition) is 1. The van der Waals surface area contributed by atoms with Crippen molar-refractivity contribution in [1.82, 2.24) is 20.2 Å². The van der Waals surface area contributed by atoms with Gasteiger partial charge in [0.25, 0.3) is 5.91 Å². The summed E-state index contributed by atoms with van der Waals surface area (Å²) < 4.78 is 0. The van der Waals surface area contributed by atoms with Crippen molar-refractivity contribution >= 4 is 11.8 Å². The Bertz CT molecular complexity index is 818. The van der Waals surface area contributed by atoms with E-state index in [-0.39, 0.29) is 18.4 Å². The summed E-state index contributed by atoms with van der Waals surface area (Å²) in [4.78, 5) is 35.7. The van der Waals surface area contributed by atoms with Crippen LogP contribution in [0.25, 0.3) is 0 Å². The summed E-state index contributed by atoms with van der Waals surface area (Å²) in [5, 5.41) is 2.88. The highest BCUT2D eigenvalue weighted by Gasteiger charge is 2.30. The van der Waals surface area contributed by atoms with Gasteiger partial charge in [-0.2, -0.15) is 0 Å². The van der Waals surface area contributed by atoms with Gasteiger partial charge in [0.05, 0.1) is 17.8 Å². The molecule has 1 aliphatic carbocycles. The van der Waals surface area contributed by atoms with Gasteiger partial charge < -0.3 is 10.2 Å². The van der Waals surface area contributed by atoms with Crippen LogP contribution >= 0.6 is 0 Å². The monoisotopic (exact) mass is 350 g/mol. The lowest BCUT2D eigenvalue weighted by molar-refractivity contribution is -0.122. The third-order valence-corrected chi connectivity index (χ3v) is 4.86. The molecule has 2 amide bonds. The summed E-state index contributed by atoms with van der Waals surface area (Å²) in [6.07, 6.45) is 5.50. The number of nitrogens with zero attached hydrogens (tertiary/aromatic N) is 3. The van der Waals surface area contributed by atoms with Crippen LogP contribution in [0.4, 0.5) is 0 Å². The second-order valence-electron chi connectivity index (χ2n) is 6.96. The summed E-state index contributed by atoms with van der Waals surface area (Å²) in [6.45, 7) is 1.09. The maximum Gasteiger partial charge on any atom is 0.257 e. The summed E-state index contributed by atoms with van der Waals surface area (Å²) in [5.41, 5.74) is 2.41. The van der Waals surface area contributed by atoms with Gasteiger partial charge in [-0.25, -0.2) is 9.97 Å². The molecule has 0 saturated heterocycles. The number of benzene rings is 1. The second-order valence-corrected chi connectivity index (χ2v) is 6.96. The Morgan fingerprint density at radius 1 is 1.23 bits per heavy atom. The number of rotatable bonds is 5. The molecule has 0 atom stereocenters. The van der Waals surface area contributed by atoms with Crippen LogP contribution in [0.15, 0.2) is 36.5 Å². The fourth-order valence-corrected chi connectivity index (χ4v) is 3.23. The predicted octanol–water partition coefficient (Wildman–Crippen LogP) is 2.06. The minimum absolute atomic E-state index is 0.0650. The molecule has 1 N–H and O–H groups in total. The minimum atomic E-state index is -0.152.